The fourth-order valence-electron chi connectivity index (χ4n) is 2.66. The first-order valence-corrected chi connectivity index (χ1v) is 9.20. The quantitative estimate of drug-likeness (QED) is 0.213. The van der Waals surface area contributed by atoms with Crippen LogP contribution < -0.4 is 0 Å². The molecule has 0 aromatic heterocycles. The maximum atomic E-state index is 3.89. The van der Waals surface area contributed by atoms with Crippen LogP contribution in [-0.2, 0) is 0 Å². The number of hydrogen-bond donors (Lipinski definition) is 0. The van der Waals surface area contributed by atoms with Gasteiger partial charge in [-0.2, -0.15) is 0 Å². The Morgan fingerprint density at radius 2 is 0.950 bits per heavy atom. The van der Waals surface area contributed by atoms with Crippen LogP contribution in [0.1, 0.15) is 110 Å². The van der Waals surface area contributed by atoms with Gasteiger partial charge in [0.2, 0.25) is 0 Å². The molecule has 0 aliphatic rings. The lowest BCUT2D eigenvalue weighted by molar-refractivity contribution is 0.537. The van der Waals surface area contributed by atoms with E-state index in [4.69, 9.17) is 0 Å². The molecule has 0 unspecified atom stereocenters. The van der Waals surface area contributed by atoms with E-state index in [1.165, 1.54) is 95.5 Å². The maximum Gasteiger partial charge on any atom is -0.0348 e. The molecule has 0 saturated carbocycles. The van der Waals surface area contributed by atoms with Crippen LogP contribution in [0.4, 0.5) is 0 Å². The molecule has 0 atom stereocenters. The van der Waals surface area contributed by atoms with E-state index in [9.17, 15) is 0 Å². The Hall–Kier alpha value is -0.260. The van der Waals surface area contributed by atoms with Crippen molar-refractivity contribution in [2.45, 2.75) is 110 Å². The molecule has 0 fully saturated rings. The molecule has 0 N–H and O–H groups in total. The minimum atomic E-state index is 1.12. The number of hydrogen-bond acceptors (Lipinski definition) is 0. The van der Waals surface area contributed by atoms with E-state index in [2.05, 4.69) is 26.8 Å². The standard InChI is InChI=1S/C20H39/c1-4-5-6-7-8-9-10-11-12-13-14-15-16-17-18-19-20(2)3/h19H,1,4-18H2,2-3H3. The van der Waals surface area contributed by atoms with E-state index in [0.29, 0.717) is 0 Å². The molecule has 0 aromatic rings. The van der Waals surface area contributed by atoms with Crippen molar-refractivity contribution in [1.29, 1.82) is 0 Å². The van der Waals surface area contributed by atoms with Gasteiger partial charge < -0.3 is 0 Å². The molecule has 0 nitrogen and oxygen atoms in total. The highest BCUT2D eigenvalue weighted by molar-refractivity contribution is 4.92. The Labute approximate surface area is 129 Å². The second kappa shape index (κ2) is 16.8. The van der Waals surface area contributed by atoms with E-state index in [-0.39, 0.29) is 0 Å². The zero-order valence-electron chi connectivity index (χ0n) is 14.4. The molecule has 0 aliphatic heterocycles. The van der Waals surface area contributed by atoms with Crippen LogP contribution in [-0.4, -0.2) is 0 Å². The molecule has 119 valence electrons. The molecule has 0 aromatic carbocycles. The summed E-state index contributed by atoms with van der Waals surface area (Å²) in [6.45, 7) is 8.28. The zero-order valence-corrected chi connectivity index (χ0v) is 14.4. The average molecular weight is 280 g/mol. The summed E-state index contributed by atoms with van der Waals surface area (Å²) in [4.78, 5) is 0. The zero-order chi connectivity index (χ0) is 14.9. The van der Waals surface area contributed by atoms with Gasteiger partial charge in [-0.1, -0.05) is 102 Å². The minimum absolute atomic E-state index is 1.12. The predicted octanol–water partition coefficient (Wildman–Crippen LogP) is 7.64. The Morgan fingerprint density at radius 3 is 1.30 bits per heavy atom. The molecule has 0 rings (SSSR count). The van der Waals surface area contributed by atoms with Crippen LogP contribution in [0.5, 0.6) is 0 Å². The third-order valence-electron chi connectivity index (χ3n) is 4.01. The monoisotopic (exact) mass is 279 g/mol. The lowest BCUT2D eigenvalue weighted by Gasteiger charge is -2.03. The third-order valence-corrected chi connectivity index (χ3v) is 4.01. The van der Waals surface area contributed by atoms with Crippen LogP contribution in [0, 0.1) is 6.92 Å². The van der Waals surface area contributed by atoms with Crippen molar-refractivity contribution in [3.63, 3.8) is 0 Å². The lowest BCUT2D eigenvalue weighted by atomic mass is 10.0. The van der Waals surface area contributed by atoms with Crippen LogP contribution in [0.25, 0.3) is 0 Å². The van der Waals surface area contributed by atoms with E-state index in [0.717, 1.165) is 6.42 Å². The Morgan fingerprint density at radius 1 is 0.600 bits per heavy atom. The largest absolute Gasteiger partial charge is 0.0859 e. The summed E-state index contributed by atoms with van der Waals surface area (Å²) in [5.41, 5.74) is 1.47. The highest BCUT2D eigenvalue weighted by atomic mass is 14.0. The number of allylic oxidation sites excluding steroid dienone is 2. The van der Waals surface area contributed by atoms with E-state index in [1.807, 2.05) is 0 Å². The van der Waals surface area contributed by atoms with Gasteiger partial charge in [0.15, 0.2) is 0 Å². The Kier molecular flexibility index (Phi) is 16.6. The number of unbranched alkanes of at least 4 members (excludes halogenated alkanes) is 14. The van der Waals surface area contributed by atoms with Crippen molar-refractivity contribution >= 4 is 0 Å². The molecule has 0 bridgehead atoms. The van der Waals surface area contributed by atoms with Gasteiger partial charge in [-0.3, -0.25) is 0 Å². The van der Waals surface area contributed by atoms with Crippen LogP contribution in [0.2, 0.25) is 0 Å². The summed E-state index contributed by atoms with van der Waals surface area (Å²) in [6.07, 6.45) is 23.4. The molecule has 0 heterocycles. The van der Waals surface area contributed by atoms with E-state index in [1.54, 1.807) is 0 Å². The average Bonchev–Trinajstić information content (AvgIpc) is 2.43. The maximum absolute atomic E-state index is 3.89. The first kappa shape index (κ1) is 19.7. The fourth-order valence-corrected chi connectivity index (χ4v) is 2.66. The van der Waals surface area contributed by atoms with Gasteiger partial charge in [-0.05, 0) is 26.7 Å². The topological polar surface area (TPSA) is 0 Å². The molecular formula is C20H39. The van der Waals surface area contributed by atoms with Gasteiger partial charge >= 0.3 is 0 Å². The summed E-state index contributed by atoms with van der Waals surface area (Å²) in [5, 5.41) is 0. The smallest absolute Gasteiger partial charge is 0.0348 e. The summed E-state index contributed by atoms with van der Waals surface area (Å²) < 4.78 is 0. The highest BCUT2D eigenvalue weighted by Gasteiger charge is 1.93. The van der Waals surface area contributed by atoms with Crippen LogP contribution in [0.3, 0.4) is 0 Å². The SMILES string of the molecule is [CH2]CCCCCCCCCCCCCCCC=C(C)C. The summed E-state index contributed by atoms with van der Waals surface area (Å²) >= 11 is 0. The normalized spacial score (nSPS) is 10.8. The van der Waals surface area contributed by atoms with Crippen molar-refractivity contribution < 1.29 is 0 Å². The van der Waals surface area contributed by atoms with Crippen LogP contribution in [0.15, 0.2) is 11.6 Å². The molecule has 0 saturated heterocycles. The van der Waals surface area contributed by atoms with Crippen molar-refractivity contribution in [2.24, 2.45) is 0 Å². The van der Waals surface area contributed by atoms with Gasteiger partial charge in [0.25, 0.3) is 0 Å². The van der Waals surface area contributed by atoms with Crippen molar-refractivity contribution in [3.05, 3.63) is 18.6 Å². The van der Waals surface area contributed by atoms with Crippen molar-refractivity contribution in [2.75, 3.05) is 0 Å². The Balaban J connectivity index is 2.97. The van der Waals surface area contributed by atoms with E-state index >= 15 is 0 Å². The lowest BCUT2D eigenvalue weighted by Crippen LogP contribution is -1.83. The predicted molar refractivity (Wildman–Crippen MR) is 94.0 cm³/mol. The van der Waals surface area contributed by atoms with E-state index < -0.39 is 0 Å². The molecule has 0 spiro atoms. The summed E-state index contributed by atoms with van der Waals surface area (Å²) in [5.74, 6) is 0. The highest BCUT2D eigenvalue weighted by Crippen LogP contribution is 2.13. The van der Waals surface area contributed by atoms with Gasteiger partial charge in [0, 0.05) is 0 Å². The van der Waals surface area contributed by atoms with Gasteiger partial charge in [-0.25, -0.2) is 0 Å². The molecule has 0 aliphatic carbocycles. The van der Waals surface area contributed by atoms with Gasteiger partial charge in [0.1, 0.15) is 0 Å². The second-order valence-electron chi connectivity index (χ2n) is 6.52. The molecule has 0 amide bonds. The first-order valence-electron chi connectivity index (χ1n) is 9.20. The molecule has 0 heteroatoms. The van der Waals surface area contributed by atoms with Gasteiger partial charge in [0.05, 0.1) is 0 Å². The van der Waals surface area contributed by atoms with Crippen molar-refractivity contribution in [3.8, 4) is 0 Å². The number of rotatable bonds is 15. The fraction of sp³-hybridized carbons (Fsp3) is 0.850. The Bertz CT molecular complexity index is 198. The molecular weight excluding hydrogens is 240 g/mol. The minimum Gasteiger partial charge on any atom is -0.0859 e. The summed E-state index contributed by atoms with van der Waals surface area (Å²) in [7, 11) is 0. The molecule has 1 radical (unpaired) electrons. The third kappa shape index (κ3) is 17.7. The van der Waals surface area contributed by atoms with Crippen molar-refractivity contribution in [1.82, 2.24) is 0 Å². The molecule has 20 heavy (non-hydrogen) atoms. The first-order chi connectivity index (χ1) is 9.77. The summed E-state index contributed by atoms with van der Waals surface area (Å²) in [6, 6.07) is 0. The second-order valence-corrected chi connectivity index (χ2v) is 6.52. The van der Waals surface area contributed by atoms with Gasteiger partial charge in [-0.15, -0.1) is 0 Å². The van der Waals surface area contributed by atoms with Crippen LogP contribution >= 0.6 is 0 Å².